The van der Waals surface area contributed by atoms with Gasteiger partial charge >= 0.3 is 6.09 Å². The van der Waals surface area contributed by atoms with Crippen molar-refractivity contribution in [2.75, 3.05) is 0 Å². The minimum atomic E-state index is -0.413. The predicted molar refractivity (Wildman–Crippen MR) is 100 cm³/mol. The summed E-state index contributed by atoms with van der Waals surface area (Å²) in [5.41, 5.74) is 4.06. The molecule has 4 heteroatoms. The third-order valence-electron chi connectivity index (χ3n) is 4.49. The fourth-order valence-electron chi connectivity index (χ4n) is 2.87. The molecule has 2 aromatic carbocycles. The van der Waals surface area contributed by atoms with Crippen LogP contribution in [0.4, 0.5) is 4.79 Å². The lowest BCUT2D eigenvalue weighted by Crippen LogP contribution is -2.36. The van der Waals surface area contributed by atoms with Crippen LogP contribution in [0.3, 0.4) is 0 Å². The molecule has 3 rings (SSSR count). The van der Waals surface area contributed by atoms with E-state index >= 15 is 0 Å². The van der Waals surface area contributed by atoms with Gasteiger partial charge in [0, 0.05) is 0 Å². The Labute approximate surface area is 154 Å². The van der Waals surface area contributed by atoms with Crippen molar-refractivity contribution in [3.63, 3.8) is 0 Å². The molecule has 0 aromatic heterocycles. The van der Waals surface area contributed by atoms with E-state index in [2.05, 4.69) is 17.5 Å². The van der Waals surface area contributed by atoms with Gasteiger partial charge in [0.2, 0.25) is 0 Å². The van der Waals surface area contributed by atoms with Crippen LogP contribution in [-0.4, -0.2) is 12.1 Å². The number of hydrogen-bond donors (Lipinski definition) is 1. The number of ether oxygens (including phenoxy) is 1. The Morgan fingerprint density at radius 2 is 1.85 bits per heavy atom. The first-order chi connectivity index (χ1) is 12.7. The van der Waals surface area contributed by atoms with Crippen LogP contribution >= 0.6 is 0 Å². The second-order valence-electron chi connectivity index (χ2n) is 6.50. The van der Waals surface area contributed by atoms with Gasteiger partial charge in [0.1, 0.15) is 6.61 Å². The number of nitriles is 1. The Balaban J connectivity index is 1.60. The quantitative estimate of drug-likeness (QED) is 0.783. The molecule has 0 aliphatic heterocycles. The molecular formula is C22H22N2O2. The fraction of sp³-hybridized carbons (Fsp3) is 0.273. The van der Waals surface area contributed by atoms with Crippen LogP contribution in [0, 0.1) is 11.3 Å². The lowest BCUT2D eigenvalue weighted by molar-refractivity contribution is 0.137. The number of carbonyl (C=O) groups excluding carboxylic acids is 1. The molecule has 2 aromatic rings. The molecule has 1 amide bonds. The van der Waals surface area contributed by atoms with E-state index in [0.29, 0.717) is 12.0 Å². The van der Waals surface area contributed by atoms with Crippen LogP contribution in [0.25, 0.3) is 0 Å². The molecule has 4 nitrogen and oxygen atoms in total. The lowest BCUT2D eigenvalue weighted by Gasteiger charge is -2.21. The van der Waals surface area contributed by atoms with Gasteiger partial charge in [-0.2, -0.15) is 5.26 Å². The number of carbonyl (C=O) groups is 1. The number of nitrogens with one attached hydrogen (secondary N) is 1. The van der Waals surface area contributed by atoms with Crippen molar-refractivity contribution in [2.45, 2.75) is 38.3 Å². The highest BCUT2D eigenvalue weighted by molar-refractivity contribution is 5.68. The summed E-state index contributed by atoms with van der Waals surface area (Å²) in [5.74, 6) is 0. The monoisotopic (exact) mass is 346 g/mol. The number of alkyl carbamates (subject to hydrolysis) is 1. The molecule has 132 valence electrons. The van der Waals surface area contributed by atoms with Crippen LogP contribution in [0.5, 0.6) is 0 Å². The van der Waals surface area contributed by atoms with Crippen molar-refractivity contribution in [3.05, 3.63) is 82.9 Å². The number of nitrogens with zero attached hydrogens (tertiary/aromatic N) is 1. The van der Waals surface area contributed by atoms with E-state index in [1.807, 2.05) is 42.5 Å². The number of hydrogen-bond acceptors (Lipinski definition) is 3. The van der Waals surface area contributed by atoms with E-state index in [4.69, 9.17) is 10.00 Å². The Kier molecular flexibility index (Phi) is 6.05. The lowest BCUT2D eigenvalue weighted by atomic mass is 9.89. The van der Waals surface area contributed by atoms with E-state index in [-0.39, 0.29) is 12.6 Å². The smallest absolute Gasteiger partial charge is 0.407 e. The number of benzene rings is 2. The van der Waals surface area contributed by atoms with E-state index < -0.39 is 6.09 Å². The van der Waals surface area contributed by atoms with Crippen LogP contribution in [-0.2, 0) is 17.8 Å². The molecule has 1 aliphatic carbocycles. The minimum Gasteiger partial charge on any atom is -0.445 e. The summed E-state index contributed by atoms with van der Waals surface area (Å²) in [6.07, 6.45) is 5.83. The predicted octanol–water partition coefficient (Wildman–Crippen LogP) is 4.51. The van der Waals surface area contributed by atoms with Gasteiger partial charge < -0.3 is 10.1 Å². The second kappa shape index (κ2) is 8.87. The standard InChI is InChI=1S/C22H22N2O2/c23-15-19-11-9-18(10-12-19)14-21(13-17-7-4-8-17)24-22(25)26-16-20-5-2-1-3-6-20/h1-3,5-6,9-13,21H,4,7-8,14,16H2,(H,24,25)/t21-/m1/s1. The van der Waals surface area contributed by atoms with E-state index in [0.717, 1.165) is 24.0 Å². The molecule has 1 atom stereocenters. The van der Waals surface area contributed by atoms with Crippen molar-refractivity contribution >= 4 is 6.09 Å². The zero-order valence-corrected chi connectivity index (χ0v) is 14.7. The Bertz CT molecular complexity index is 798. The van der Waals surface area contributed by atoms with Crippen molar-refractivity contribution in [3.8, 4) is 6.07 Å². The third-order valence-corrected chi connectivity index (χ3v) is 4.49. The zero-order valence-electron chi connectivity index (χ0n) is 14.7. The van der Waals surface area contributed by atoms with E-state index in [9.17, 15) is 4.79 Å². The maximum absolute atomic E-state index is 12.2. The highest BCUT2D eigenvalue weighted by Gasteiger charge is 2.16. The first-order valence-corrected chi connectivity index (χ1v) is 8.89. The molecular weight excluding hydrogens is 324 g/mol. The molecule has 1 N–H and O–H groups in total. The topological polar surface area (TPSA) is 62.1 Å². The van der Waals surface area contributed by atoms with Crippen molar-refractivity contribution in [1.82, 2.24) is 5.32 Å². The summed E-state index contributed by atoms with van der Waals surface area (Å²) >= 11 is 0. The molecule has 1 aliphatic rings. The normalized spacial score (nSPS) is 13.9. The molecule has 0 heterocycles. The maximum Gasteiger partial charge on any atom is 0.407 e. The summed E-state index contributed by atoms with van der Waals surface area (Å²) in [5, 5.41) is 11.9. The average molecular weight is 346 g/mol. The van der Waals surface area contributed by atoms with Crippen molar-refractivity contribution < 1.29 is 9.53 Å². The van der Waals surface area contributed by atoms with Crippen LogP contribution in [0.2, 0.25) is 0 Å². The maximum atomic E-state index is 12.2. The SMILES string of the molecule is N#Cc1ccc(C[C@@H](C=C2CCC2)NC(=O)OCc2ccccc2)cc1. The summed E-state index contributed by atoms with van der Waals surface area (Å²) in [6.45, 7) is 0.257. The van der Waals surface area contributed by atoms with Gasteiger partial charge in [0.15, 0.2) is 0 Å². The average Bonchev–Trinajstić information content (AvgIpc) is 2.64. The number of amides is 1. The van der Waals surface area contributed by atoms with Crippen LogP contribution in [0.1, 0.15) is 36.0 Å². The van der Waals surface area contributed by atoms with Crippen molar-refractivity contribution in [2.24, 2.45) is 0 Å². The summed E-state index contributed by atoms with van der Waals surface area (Å²) in [4.78, 5) is 12.2. The molecule has 1 saturated carbocycles. The first kappa shape index (κ1) is 17.8. The van der Waals surface area contributed by atoms with Gasteiger partial charge in [-0.25, -0.2) is 4.79 Å². The van der Waals surface area contributed by atoms with Gasteiger partial charge in [-0.05, 0) is 48.9 Å². The van der Waals surface area contributed by atoms with Gasteiger partial charge in [-0.15, -0.1) is 0 Å². The van der Waals surface area contributed by atoms with Gasteiger partial charge in [0.05, 0.1) is 17.7 Å². The largest absolute Gasteiger partial charge is 0.445 e. The van der Waals surface area contributed by atoms with Gasteiger partial charge in [0.25, 0.3) is 0 Å². The van der Waals surface area contributed by atoms with Crippen molar-refractivity contribution in [1.29, 1.82) is 5.26 Å². The summed E-state index contributed by atoms with van der Waals surface area (Å²) in [6, 6.07) is 19.1. The molecule has 0 spiro atoms. The first-order valence-electron chi connectivity index (χ1n) is 8.89. The molecule has 0 radical (unpaired) electrons. The summed E-state index contributed by atoms with van der Waals surface area (Å²) < 4.78 is 5.34. The molecule has 0 bridgehead atoms. The van der Waals surface area contributed by atoms with E-state index in [1.165, 1.54) is 12.0 Å². The Hall–Kier alpha value is -3.06. The van der Waals surface area contributed by atoms with Crippen LogP contribution < -0.4 is 5.32 Å². The number of rotatable bonds is 6. The molecule has 0 unspecified atom stereocenters. The van der Waals surface area contributed by atoms with Gasteiger partial charge in [-0.1, -0.05) is 54.1 Å². The number of allylic oxidation sites excluding steroid dienone is 1. The van der Waals surface area contributed by atoms with Crippen LogP contribution in [0.15, 0.2) is 66.2 Å². The Morgan fingerprint density at radius 1 is 1.12 bits per heavy atom. The summed E-state index contributed by atoms with van der Waals surface area (Å²) in [7, 11) is 0. The zero-order chi connectivity index (χ0) is 18.2. The highest BCUT2D eigenvalue weighted by atomic mass is 16.5. The third kappa shape index (κ3) is 5.22. The second-order valence-corrected chi connectivity index (χ2v) is 6.50. The fourth-order valence-corrected chi connectivity index (χ4v) is 2.87. The van der Waals surface area contributed by atoms with Gasteiger partial charge in [-0.3, -0.25) is 0 Å². The highest BCUT2D eigenvalue weighted by Crippen LogP contribution is 2.26. The Morgan fingerprint density at radius 3 is 2.46 bits per heavy atom. The van der Waals surface area contributed by atoms with E-state index in [1.54, 1.807) is 12.1 Å². The molecule has 0 saturated heterocycles. The minimum absolute atomic E-state index is 0.110. The molecule has 1 fully saturated rings. The molecule has 26 heavy (non-hydrogen) atoms.